The molecule has 0 aromatic rings. The monoisotopic (exact) mass is 718 g/mol. The quantitative estimate of drug-likeness (QED) is 0.0973. The van der Waals surface area contributed by atoms with Gasteiger partial charge >= 0.3 is 0 Å². The Bertz CT molecular complexity index is 1290. The fraction of sp³-hybridized carbons (Fsp3) is 0.929. The van der Waals surface area contributed by atoms with Crippen LogP contribution in [0.2, 0.25) is 0 Å². The Morgan fingerprint density at radius 2 is 1.73 bits per heavy atom. The largest absolute Gasteiger partial charge is 0.396 e. The molecule has 0 aromatic heterocycles. The Morgan fingerprint density at radius 1 is 0.961 bits per heavy atom. The third-order valence-electron chi connectivity index (χ3n) is 16.4. The van der Waals surface area contributed by atoms with E-state index < -0.39 is 45.9 Å². The number of aliphatic hydroxyl groups excluding tert-OH is 2. The number of hydrogen-bond donors (Lipinski definition) is 7. The molecule has 6 aliphatic rings. The van der Waals surface area contributed by atoms with Crippen molar-refractivity contribution >= 4 is 5.78 Å². The molecule has 3 saturated carbocycles. The maximum absolute atomic E-state index is 14.1. The van der Waals surface area contributed by atoms with E-state index in [1.807, 2.05) is 6.92 Å². The van der Waals surface area contributed by atoms with Gasteiger partial charge in [-0.2, -0.15) is 0 Å². The minimum absolute atomic E-state index is 0.0682. The summed E-state index contributed by atoms with van der Waals surface area (Å²) in [4.78, 5) is 14.1. The van der Waals surface area contributed by atoms with E-state index >= 15 is 0 Å². The molecule has 0 spiro atoms. The molecule has 0 amide bonds. The number of epoxide rings is 1. The molecule has 2 heterocycles. The van der Waals surface area contributed by atoms with Crippen LogP contribution in [-0.4, -0.2) is 85.7 Å². The van der Waals surface area contributed by atoms with Crippen LogP contribution in [0.15, 0.2) is 11.6 Å². The first-order valence-electron chi connectivity index (χ1n) is 21.0. The fourth-order valence-electron chi connectivity index (χ4n) is 12.9. The summed E-state index contributed by atoms with van der Waals surface area (Å²) in [5.41, 5.74) is 1.49. The number of unbranched alkanes of at least 4 members (excludes halogenated alkanes) is 3. The summed E-state index contributed by atoms with van der Waals surface area (Å²) in [6, 6.07) is 0. The topological polar surface area (TPSA) is 173 Å². The highest BCUT2D eigenvalue weighted by Gasteiger charge is 2.74. The van der Waals surface area contributed by atoms with Gasteiger partial charge in [0.15, 0.2) is 5.78 Å². The van der Waals surface area contributed by atoms with Gasteiger partial charge in [-0.25, -0.2) is 0 Å². The van der Waals surface area contributed by atoms with Gasteiger partial charge in [-0.3, -0.25) is 10.5 Å². The molecule has 2 saturated heterocycles. The highest BCUT2D eigenvalue weighted by Crippen LogP contribution is 2.70. The number of carbonyl (C=O) groups is 1. The molecule has 292 valence electrons. The first-order valence-corrected chi connectivity index (χ1v) is 21.0. The van der Waals surface area contributed by atoms with E-state index in [4.69, 9.17) is 10.5 Å². The van der Waals surface area contributed by atoms with Crippen molar-refractivity contribution in [3.63, 3.8) is 0 Å². The van der Waals surface area contributed by atoms with Crippen LogP contribution in [-0.2, 0) is 9.53 Å². The van der Waals surface area contributed by atoms with Crippen molar-refractivity contribution in [2.24, 2.45) is 45.7 Å². The highest BCUT2D eigenvalue weighted by molar-refractivity contribution is 5.95. The van der Waals surface area contributed by atoms with E-state index in [1.54, 1.807) is 13.0 Å². The van der Waals surface area contributed by atoms with E-state index in [-0.39, 0.29) is 41.7 Å². The van der Waals surface area contributed by atoms with Gasteiger partial charge < -0.3 is 35.6 Å². The minimum Gasteiger partial charge on any atom is -0.396 e. The van der Waals surface area contributed by atoms with E-state index in [2.05, 4.69) is 26.1 Å². The lowest BCUT2D eigenvalue weighted by molar-refractivity contribution is -0.699. The third kappa shape index (κ3) is 6.53. The van der Waals surface area contributed by atoms with Gasteiger partial charge in [-0.15, -0.1) is 0 Å². The first-order chi connectivity index (χ1) is 24.1. The van der Waals surface area contributed by atoms with Crippen molar-refractivity contribution in [1.29, 1.82) is 0 Å². The lowest BCUT2D eigenvalue weighted by atomic mass is 9.44. The zero-order valence-corrected chi connectivity index (χ0v) is 32.5. The van der Waals surface area contributed by atoms with Crippen molar-refractivity contribution < 1.29 is 40.4 Å². The van der Waals surface area contributed by atoms with Gasteiger partial charge in [-0.1, -0.05) is 59.8 Å². The Kier molecular flexibility index (Phi) is 11.4. The maximum Gasteiger partial charge on any atom is 0.159 e. The summed E-state index contributed by atoms with van der Waals surface area (Å²) in [6.07, 6.45) is 15.1. The van der Waals surface area contributed by atoms with Crippen LogP contribution in [0.3, 0.4) is 0 Å². The SMILES string of the molecule is CCCCCCC12CCC(O)CC1C(=O)C=C1C2CCC2(C)C(C(O)(CCC)C3OC3C(C)(O)C(C)(CO)CCC3CC[NH2+]C(N)C3)CCC12O. The molecular formula is C42H73N2O7+. The number of ketones is 1. The molecular weight excluding hydrogens is 644 g/mol. The molecule has 0 bridgehead atoms. The van der Waals surface area contributed by atoms with Crippen molar-refractivity contribution in [1.82, 2.24) is 0 Å². The van der Waals surface area contributed by atoms with Crippen molar-refractivity contribution in [3.8, 4) is 0 Å². The normalized spacial score (nSPS) is 44.3. The molecule has 0 aromatic carbocycles. The molecule has 4 aliphatic carbocycles. The average Bonchev–Trinajstić information content (AvgIpc) is 3.86. The number of fused-ring (bicyclic) bond motifs is 5. The van der Waals surface area contributed by atoms with Crippen LogP contribution in [0, 0.1) is 39.9 Å². The number of ether oxygens (including phenoxy) is 1. The molecule has 51 heavy (non-hydrogen) atoms. The molecule has 2 aliphatic heterocycles. The molecule has 9 N–H and O–H groups in total. The van der Waals surface area contributed by atoms with Crippen LogP contribution >= 0.6 is 0 Å². The number of aliphatic hydroxyl groups is 5. The Hall–Kier alpha value is -0.910. The van der Waals surface area contributed by atoms with Crippen molar-refractivity contribution in [2.75, 3.05) is 13.2 Å². The van der Waals surface area contributed by atoms with E-state index in [1.165, 1.54) is 6.42 Å². The van der Waals surface area contributed by atoms with Crippen LogP contribution in [0.5, 0.6) is 0 Å². The molecule has 6 rings (SSSR count). The van der Waals surface area contributed by atoms with Crippen molar-refractivity contribution in [2.45, 2.75) is 191 Å². The number of hydrogen-bond acceptors (Lipinski definition) is 8. The number of nitrogens with two attached hydrogens (primary N) is 2. The number of carbonyl (C=O) groups excluding carboxylic acids is 1. The van der Waals surface area contributed by atoms with E-state index in [0.717, 1.165) is 82.7 Å². The Balaban J connectivity index is 1.26. The highest BCUT2D eigenvalue weighted by atomic mass is 16.6. The summed E-state index contributed by atoms with van der Waals surface area (Å²) < 4.78 is 6.40. The third-order valence-corrected chi connectivity index (χ3v) is 16.4. The van der Waals surface area contributed by atoms with Crippen LogP contribution in [0.4, 0.5) is 0 Å². The number of piperidine rings is 1. The molecule has 0 radical (unpaired) electrons. The second-order valence-electron chi connectivity index (χ2n) is 19.2. The summed E-state index contributed by atoms with van der Waals surface area (Å²) >= 11 is 0. The van der Waals surface area contributed by atoms with Crippen LogP contribution in [0.25, 0.3) is 0 Å². The van der Waals surface area contributed by atoms with E-state index in [9.17, 15) is 30.3 Å². The minimum atomic E-state index is -1.38. The Morgan fingerprint density at radius 3 is 2.41 bits per heavy atom. The van der Waals surface area contributed by atoms with Crippen molar-refractivity contribution in [3.05, 3.63) is 11.6 Å². The summed E-state index contributed by atoms with van der Waals surface area (Å²) in [6.45, 7) is 10.9. The van der Waals surface area contributed by atoms with Gasteiger partial charge in [0.1, 0.15) is 18.4 Å². The van der Waals surface area contributed by atoms with Crippen LogP contribution < -0.4 is 11.1 Å². The summed E-state index contributed by atoms with van der Waals surface area (Å²) in [5.74, 6) is 0.132. The Labute approximate surface area is 307 Å². The first kappa shape index (κ1) is 39.8. The zero-order valence-electron chi connectivity index (χ0n) is 32.5. The van der Waals surface area contributed by atoms with Crippen LogP contribution in [0.1, 0.15) is 150 Å². The molecule has 14 atom stereocenters. The number of rotatable bonds is 15. The van der Waals surface area contributed by atoms with Gasteiger partial charge in [-0.05, 0) is 119 Å². The average molecular weight is 718 g/mol. The smallest absolute Gasteiger partial charge is 0.159 e. The molecule has 9 heteroatoms. The molecule has 5 fully saturated rings. The van der Waals surface area contributed by atoms with E-state index in [0.29, 0.717) is 44.4 Å². The zero-order chi connectivity index (χ0) is 37.0. The van der Waals surface area contributed by atoms with Gasteiger partial charge in [0.25, 0.3) is 0 Å². The number of quaternary nitrogens is 1. The summed E-state index contributed by atoms with van der Waals surface area (Å²) in [5, 5.41) is 61.9. The lowest BCUT2D eigenvalue weighted by Crippen LogP contribution is -2.94. The van der Waals surface area contributed by atoms with Gasteiger partial charge in [0, 0.05) is 23.2 Å². The second-order valence-corrected chi connectivity index (χ2v) is 19.2. The van der Waals surface area contributed by atoms with Gasteiger partial charge in [0.05, 0.1) is 36.1 Å². The number of allylic oxidation sites excluding steroid dienone is 1. The summed E-state index contributed by atoms with van der Waals surface area (Å²) in [7, 11) is 0. The predicted molar refractivity (Wildman–Crippen MR) is 197 cm³/mol. The molecule has 9 nitrogen and oxygen atoms in total. The van der Waals surface area contributed by atoms with Gasteiger partial charge in [0.2, 0.25) is 0 Å². The second kappa shape index (κ2) is 14.6. The standard InChI is InChI=1S/C42H72N2O7/c1-6-8-9-10-17-40-20-12-28(46)24-31(40)32(47)25-30-29(40)13-19-38(4)33(14-21-42(30,38)50)41(49,16-7-2)36-35(51-36)39(5,48)37(3,26-45)18-11-27-15-22-44-34(43)23-27/h25,27-29,31,33-36,44-46,48-50H,6-24,26,43H2,1-5H3/p+1. The maximum atomic E-state index is 14.1. The lowest BCUT2D eigenvalue weighted by Gasteiger charge is -2.61. The predicted octanol–water partition coefficient (Wildman–Crippen LogP) is 4.26. The molecule has 14 unspecified atom stereocenters. The fourth-order valence-corrected chi connectivity index (χ4v) is 12.9.